The zero-order chi connectivity index (χ0) is 16.2. The van der Waals surface area contributed by atoms with Crippen LogP contribution in [0.4, 0.5) is 16.3 Å². The van der Waals surface area contributed by atoms with Crippen molar-refractivity contribution in [3.8, 4) is 5.75 Å². The molecule has 0 unspecified atom stereocenters. The van der Waals surface area contributed by atoms with Gasteiger partial charge in [-0.05, 0) is 34.1 Å². The van der Waals surface area contributed by atoms with Crippen molar-refractivity contribution in [2.75, 3.05) is 17.7 Å². The van der Waals surface area contributed by atoms with Gasteiger partial charge in [0.25, 0.3) is 0 Å². The van der Waals surface area contributed by atoms with Crippen LogP contribution in [0.15, 0.2) is 47.5 Å². The highest BCUT2D eigenvalue weighted by atomic mass is 79.9. The molecule has 0 aliphatic heterocycles. The molecule has 2 amide bonds. The van der Waals surface area contributed by atoms with E-state index in [-0.39, 0.29) is 0 Å². The van der Waals surface area contributed by atoms with Gasteiger partial charge in [-0.15, -0.1) is 0 Å². The van der Waals surface area contributed by atoms with Crippen LogP contribution in [0.1, 0.15) is 0 Å². The van der Waals surface area contributed by atoms with E-state index < -0.39 is 6.03 Å². The highest BCUT2D eigenvalue weighted by Crippen LogP contribution is 2.25. The number of pyridine rings is 1. The molecule has 2 aromatic heterocycles. The molecule has 0 atom stereocenters. The smallest absolute Gasteiger partial charge is 0.324 e. The van der Waals surface area contributed by atoms with Crippen molar-refractivity contribution in [2.24, 2.45) is 0 Å². The predicted molar refractivity (Wildman–Crippen MR) is 90.7 cm³/mol. The monoisotopic (exact) mass is 373 g/mol. The molecule has 0 fully saturated rings. The van der Waals surface area contributed by atoms with E-state index in [4.69, 9.17) is 4.74 Å². The maximum Gasteiger partial charge on any atom is 0.324 e. The fourth-order valence-corrected chi connectivity index (χ4v) is 2.35. The lowest BCUT2D eigenvalue weighted by Gasteiger charge is -2.10. The number of aromatic nitrogens is 3. The summed E-state index contributed by atoms with van der Waals surface area (Å²) in [5, 5.41) is 6.21. The first kappa shape index (κ1) is 15.2. The number of fused-ring (bicyclic) bond motifs is 1. The zero-order valence-electron chi connectivity index (χ0n) is 12.1. The summed E-state index contributed by atoms with van der Waals surface area (Å²) in [4.78, 5) is 24.4. The summed E-state index contributed by atoms with van der Waals surface area (Å²) in [7, 11) is 1.59. The van der Waals surface area contributed by atoms with Crippen LogP contribution in [-0.2, 0) is 0 Å². The lowest BCUT2D eigenvalue weighted by Crippen LogP contribution is -2.20. The SMILES string of the molecule is COc1ccc2c(NC(=O)Nc3cncc(Br)n3)ccnc2c1. The first-order chi connectivity index (χ1) is 11.2. The van der Waals surface area contributed by atoms with Crippen molar-refractivity contribution in [1.29, 1.82) is 0 Å². The number of anilines is 2. The fraction of sp³-hybridized carbons (Fsp3) is 0.0667. The van der Waals surface area contributed by atoms with Crippen LogP contribution in [0.3, 0.4) is 0 Å². The van der Waals surface area contributed by atoms with E-state index >= 15 is 0 Å². The molecular weight excluding hydrogens is 362 g/mol. The number of nitrogens with zero attached hydrogens (tertiary/aromatic N) is 3. The molecule has 3 aromatic rings. The molecule has 2 heterocycles. The highest BCUT2D eigenvalue weighted by molar-refractivity contribution is 9.10. The summed E-state index contributed by atoms with van der Waals surface area (Å²) in [6.45, 7) is 0. The zero-order valence-corrected chi connectivity index (χ0v) is 13.7. The Bertz CT molecular complexity index is 871. The molecule has 3 rings (SSSR count). The van der Waals surface area contributed by atoms with Crippen molar-refractivity contribution in [3.63, 3.8) is 0 Å². The number of carbonyl (C=O) groups excluding carboxylic acids is 1. The molecule has 0 aliphatic rings. The average Bonchev–Trinajstić information content (AvgIpc) is 2.54. The number of rotatable bonds is 3. The number of amides is 2. The molecule has 0 spiro atoms. The van der Waals surface area contributed by atoms with E-state index in [1.165, 1.54) is 12.4 Å². The van der Waals surface area contributed by atoms with E-state index in [1.54, 1.807) is 25.4 Å². The van der Waals surface area contributed by atoms with Gasteiger partial charge in [-0.2, -0.15) is 0 Å². The van der Waals surface area contributed by atoms with Crippen LogP contribution < -0.4 is 15.4 Å². The predicted octanol–water partition coefficient (Wildman–Crippen LogP) is 3.44. The second-order valence-corrected chi connectivity index (χ2v) is 5.36. The summed E-state index contributed by atoms with van der Waals surface area (Å²) in [6.07, 6.45) is 4.61. The number of urea groups is 1. The number of benzene rings is 1. The number of nitrogens with one attached hydrogen (secondary N) is 2. The Kier molecular flexibility index (Phi) is 4.33. The average molecular weight is 374 g/mol. The standard InChI is InChI=1S/C15H12BrN5O2/c1-23-9-2-3-10-11(4-5-18-12(10)6-9)19-15(22)21-14-8-17-7-13(16)20-14/h2-8H,1H3,(H2,18,19,20,21,22). The summed E-state index contributed by atoms with van der Waals surface area (Å²) >= 11 is 3.20. The summed E-state index contributed by atoms with van der Waals surface area (Å²) in [6, 6.07) is 6.77. The van der Waals surface area contributed by atoms with Gasteiger partial charge in [-0.1, -0.05) is 0 Å². The lowest BCUT2D eigenvalue weighted by atomic mass is 10.2. The van der Waals surface area contributed by atoms with Crippen molar-refractivity contribution in [3.05, 3.63) is 47.5 Å². The van der Waals surface area contributed by atoms with Crippen molar-refractivity contribution < 1.29 is 9.53 Å². The fourth-order valence-electron chi connectivity index (χ4n) is 2.04. The quantitative estimate of drug-likeness (QED) is 0.733. The third-order valence-corrected chi connectivity index (χ3v) is 3.43. The van der Waals surface area contributed by atoms with Crippen molar-refractivity contribution in [2.45, 2.75) is 0 Å². The van der Waals surface area contributed by atoms with E-state index in [9.17, 15) is 4.79 Å². The number of methoxy groups -OCH3 is 1. The van der Waals surface area contributed by atoms with Crippen molar-refractivity contribution >= 4 is 44.4 Å². The Hall–Kier alpha value is -2.74. The molecule has 1 aromatic carbocycles. The molecule has 116 valence electrons. The van der Waals surface area contributed by atoms with Gasteiger partial charge >= 0.3 is 6.03 Å². The van der Waals surface area contributed by atoms with Crippen molar-refractivity contribution in [1.82, 2.24) is 15.0 Å². The van der Waals surface area contributed by atoms with Gasteiger partial charge in [-0.3, -0.25) is 15.3 Å². The van der Waals surface area contributed by atoms with E-state index in [1.807, 2.05) is 12.1 Å². The summed E-state index contributed by atoms with van der Waals surface area (Å²) in [5.41, 5.74) is 1.36. The van der Waals surface area contributed by atoms with Gasteiger partial charge in [0.15, 0.2) is 5.82 Å². The van der Waals surface area contributed by atoms with Crippen LogP contribution in [0.5, 0.6) is 5.75 Å². The number of carbonyl (C=O) groups is 1. The minimum atomic E-state index is -0.416. The minimum Gasteiger partial charge on any atom is -0.497 e. The molecule has 0 bridgehead atoms. The van der Waals surface area contributed by atoms with Crippen LogP contribution >= 0.6 is 15.9 Å². The molecule has 0 aliphatic carbocycles. The second-order valence-electron chi connectivity index (χ2n) is 4.55. The molecule has 8 heteroatoms. The van der Waals surface area contributed by atoms with Crippen LogP contribution in [0, 0.1) is 0 Å². The van der Waals surface area contributed by atoms with Crippen LogP contribution in [0.2, 0.25) is 0 Å². The number of hydrogen-bond donors (Lipinski definition) is 2. The minimum absolute atomic E-state index is 0.344. The Morgan fingerprint density at radius 3 is 2.87 bits per heavy atom. The van der Waals surface area contributed by atoms with E-state index in [2.05, 4.69) is 41.5 Å². The van der Waals surface area contributed by atoms with Gasteiger partial charge in [0.2, 0.25) is 0 Å². The molecule has 0 saturated heterocycles. The van der Waals surface area contributed by atoms with Crippen LogP contribution in [0.25, 0.3) is 10.9 Å². The largest absolute Gasteiger partial charge is 0.497 e. The molecular formula is C15H12BrN5O2. The van der Waals surface area contributed by atoms with E-state index in [0.717, 1.165) is 10.9 Å². The van der Waals surface area contributed by atoms with Gasteiger partial charge in [0, 0.05) is 17.6 Å². The summed E-state index contributed by atoms with van der Waals surface area (Å²) in [5.74, 6) is 1.05. The summed E-state index contributed by atoms with van der Waals surface area (Å²) < 4.78 is 5.71. The highest BCUT2D eigenvalue weighted by Gasteiger charge is 2.08. The Labute approximate surface area is 140 Å². The molecule has 2 N–H and O–H groups in total. The topological polar surface area (TPSA) is 89.0 Å². The Balaban J connectivity index is 1.82. The molecule has 0 saturated carbocycles. The number of halogens is 1. The van der Waals surface area contributed by atoms with Gasteiger partial charge in [0.05, 0.1) is 30.7 Å². The lowest BCUT2D eigenvalue weighted by molar-refractivity contribution is 0.262. The van der Waals surface area contributed by atoms with Crippen LogP contribution in [-0.4, -0.2) is 28.1 Å². The van der Waals surface area contributed by atoms with Gasteiger partial charge in [-0.25, -0.2) is 9.78 Å². The third-order valence-electron chi connectivity index (χ3n) is 3.04. The first-order valence-corrected chi connectivity index (χ1v) is 7.43. The van der Waals surface area contributed by atoms with Gasteiger partial charge < -0.3 is 10.1 Å². The second kappa shape index (κ2) is 6.57. The normalized spacial score (nSPS) is 10.3. The third kappa shape index (κ3) is 3.54. The molecule has 7 nitrogen and oxygen atoms in total. The van der Waals surface area contributed by atoms with Gasteiger partial charge in [0.1, 0.15) is 10.4 Å². The maximum absolute atomic E-state index is 12.1. The van der Waals surface area contributed by atoms with E-state index in [0.29, 0.717) is 21.9 Å². The molecule has 0 radical (unpaired) electrons. The number of hydrogen-bond acceptors (Lipinski definition) is 5. The maximum atomic E-state index is 12.1. The Morgan fingerprint density at radius 2 is 2.09 bits per heavy atom. The first-order valence-electron chi connectivity index (χ1n) is 6.64. The Morgan fingerprint density at radius 1 is 1.22 bits per heavy atom. The number of ether oxygens (including phenoxy) is 1. The molecule has 23 heavy (non-hydrogen) atoms.